The van der Waals surface area contributed by atoms with Gasteiger partial charge in [0.25, 0.3) is 5.91 Å². The lowest BCUT2D eigenvalue weighted by Gasteiger charge is -2.10. The minimum absolute atomic E-state index is 0.120. The van der Waals surface area contributed by atoms with E-state index in [0.717, 1.165) is 0 Å². The van der Waals surface area contributed by atoms with Crippen LogP contribution in [0.2, 0.25) is 10.0 Å². The molecule has 4 N–H and O–H groups in total. The van der Waals surface area contributed by atoms with E-state index >= 15 is 0 Å². The Morgan fingerprint density at radius 3 is 2.50 bits per heavy atom. The number of aromatic nitrogens is 2. The van der Waals surface area contributed by atoms with Gasteiger partial charge in [0.05, 0.1) is 5.69 Å². The van der Waals surface area contributed by atoms with Gasteiger partial charge in [-0.15, -0.1) is 0 Å². The normalized spacial score (nSPS) is 10.3. The number of hydrogen-bond acceptors (Lipinski definition) is 3. The number of nitrogens with two attached hydrogens (primary N) is 1. The lowest BCUT2D eigenvalue weighted by Crippen LogP contribution is -2.21. The van der Waals surface area contributed by atoms with Crippen molar-refractivity contribution in [2.75, 3.05) is 10.6 Å². The molecular weight excluding hydrogens is 345 g/mol. The van der Waals surface area contributed by atoms with Gasteiger partial charge in [-0.2, -0.15) is 5.10 Å². The number of primary amides is 1. The first-order valence-corrected chi connectivity index (χ1v) is 7.46. The number of nitrogens with one attached hydrogen (secondary N) is 2. The minimum atomic E-state index is -0.636. The van der Waals surface area contributed by atoms with E-state index in [-0.39, 0.29) is 10.8 Å². The number of thiocarbonyl (C=S) groups is 1. The Labute approximate surface area is 142 Å². The average molecular weight is 358 g/mol. The Morgan fingerprint density at radius 1 is 1.32 bits per heavy atom. The van der Waals surface area contributed by atoms with E-state index in [4.69, 9.17) is 41.2 Å². The molecule has 2 aromatic rings. The van der Waals surface area contributed by atoms with E-state index in [9.17, 15) is 4.79 Å². The van der Waals surface area contributed by atoms with Gasteiger partial charge < -0.3 is 16.4 Å². The molecule has 1 aromatic heterocycles. The standard InChI is InChI=1S/C13H13Cl2N5OS/c1-2-20-6-10(11(19-20)12(16)21)18-13(22)17-9-4-7(14)3-8(15)5-9/h3-6H,2H2,1H3,(H2,16,21)(H2,17,18,22). The van der Waals surface area contributed by atoms with Gasteiger partial charge in [0.1, 0.15) is 0 Å². The molecule has 0 aliphatic rings. The van der Waals surface area contributed by atoms with Crippen molar-refractivity contribution in [2.24, 2.45) is 5.73 Å². The Bertz CT molecular complexity index is 711. The molecule has 0 bridgehead atoms. The summed E-state index contributed by atoms with van der Waals surface area (Å²) in [5.41, 5.74) is 6.47. The highest BCUT2D eigenvalue weighted by atomic mass is 35.5. The molecule has 0 aliphatic heterocycles. The molecule has 1 amide bonds. The SMILES string of the molecule is CCn1cc(NC(=S)Nc2cc(Cl)cc(Cl)c2)c(C(N)=O)n1. The maximum Gasteiger partial charge on any atom is 0.271 e. The number of hydrogen-bond donors (Lipinski definition) is 3. The molecule has 0 saturated carbocycles. The third-order valence-corrected chi connectivity index (χ3v) is 3.33. The maximum atomic E-state index is 11.4. The third kappa shape index (κ3) is 4.09. The molecule has 0 unspecified atom stereocenters. The van der Waals surface area contributed by atoms with E-state index in [2.05, 4.69) is 15.7 Å². The average Bonchev–Trinajstić information content (AvgIpc) is 2.80. The Hall–Kier alpha value is -1.83. The number of carbonyl (C=O) groups is 1. The van der Waals surface area contributed by atoms with Crippen LogP contribution in [0.1, 0.15) is 17.4 Å². The second-order valence-electron chi connectivity index (χ2n) is 4.35. The van der Waals surface area contributed by atoms with Crippen LogP contribution in [0.3, 0.4) is 0 Å². The van der Waals surface area contributed by atoms with E-state index in [1.807, 2.05) is 6.92 Å². The van der Waals surface area contributed by atoms with Crippen LogP contribution in [0, 0.1) is 0 Å². The van der Waals surface area contributed by atoms with Crippen molar-refractivity contribution in [1.29, 1.82) is 0 Å². The summed E-state index contributed by atoms with van der Waals surface area (Å²) in [7, 11) is 0. The summed E-state index contributed by atoms with van der Waals surface area (Å²) in [5.74, 6) is -0.636. The summed E-state index contributed by atoms with van der Waals surface area (Å²) >= 11 is 17.0. The van der Waals surface area contributed by atoms with Gasteiger partial charge in [-0.25, -0.2) is 0 Å². The zero-order chi connectivity index (χ0) is 16.3. The zero-order valence-electron chi connectivity index (χ0n) is 11.6. The lowest BCUT2D eigenvalue weighted by atomic mass is 10.3. The van der Waals surface area contributed by atoms with Gasteiger partial charge in [-0.3, -0.25) is 9.48 Å². The second-order valence-corrected chi connectivity index (χ2v) is 5.63. The summed E-state index contributed by atoms with van der Waals surface area (Å²) in [6.07, 6.45) is 1.65. The van der Waals surface area contributed by atoms with Gasteiger partial charge >= 0.3 is 0 Å². The van der Waals surface area contributed by atoms with E-state index < -0.39 is 5.91 Å². The number of nitrogens with zero attached hydrogens (tertiary/aromatic N) is 2. The smallest absolute Gasteiger partial charge is 0.271 e. The van der Waals surface area contributed by atoms with Gasteiger partial charge in [0.2, 0.25) is 0 Å². The van der Waals surface area contributed by atoms with E-state index in [1.54, 1.807) is 29.1 Å². The number of benzene rings is 1. The fourth-order valence-corrected chi connectivity index (χ4v) is 2.52. The molecule has 0 fully saturated rings. The second kappa shape index (κ2) is 6.95. The molecule has 116 valence electrons. The van der Waals surface area contributed by atoms with E-state index in [0.29, 0.717) is 28.0 Å². The van der Waals surface area contributed by atoms with Crippen LogP contribution in [0.25, 0.3) is 0 Å². The first-order chi connectivity index (χ1) is 10.4. The molecule has 0 atom stereocenters. The van der Waals surface area contributed by atoms with Crippen LogP contribution in [-0.4, -0.2) is 20.8 Å². The lowest BCUT2D eigenvalue weighted by molar-refractivity contribution is 0.0995. The number of carbonyl (C=O) groups excluding carboxylic acids is 1. The fraction of sp³-hybridized carbons (Fsp3) is 0.154. The predicted molar refractivity (Wildman–Crippen MR) is 92.7 cm³/mol. The summed E-state index contributed by atoms with van der Waals surface area (Å²) in [5, 5.41) is 11.1. The zero-order valence-corrected chi connectivity index (χ0v) is 13.9. The quantitative estimate of drug-likeness (QED) is 0.732. The van der Waals surface area contributed by atoms with Crippen LogP contribution in [-0.2, 0) is 6.54 Å². The van der Waals surface area contributed by atoms with Crippen molar-refractivity contribution in [1.82, 2.24) is 9.78 Å². The minimum Gasteiger partial charge on any atom is -0.364 e. The highest BCUT2D eigenvalue weighted by molar-refractivity contribution is 7.80. The molecule has 0 radical (unpaired) electrons. The van der Waals surface area contributed by atoms with Crippen molar-refractivity contribution in [3.8, 4) is 0 Å². The highest BCUT2D eigenvalue weighted by Crippen LogP contribution is 2.23. The van der Waals surface area contributed by atoms with Crippen LogP contribution in [0.5, 0.6) is 0 Å². The summed E-state index contributed by atoms with van der Waals surface area (Å²) in [6.45, 7) is 2.50. The van der Waals surface area contributed by atoms with Crippen LogP contribution < -0.4 is 16.4 Å². The Balaban J connectivity index is 2.15. The molecule has 1 heterocycles. The summed E-state index contributed by atoms with van der Waals surface area (Å²) < 4.78 is 1.58. The number of halogens is 2. The van der Waals surface area contributed by atoms with Crippen molar-refractivity contribution < 1.29 is 4.79 Å². The number of rotatable bonds is 4. The monoisotopic (exact) mass is 357 g/mol. The number of amides is 1. The molecule has 22 heavy (non-hydrogen) atoms. The molecule has 6 nitrogen and oxygen atoms in total. The van der Waals surface area contributed by atoms with Gasteiger partial charge in [-0.1, -0.05) is 23.2 Å². The molecule has 0 saturated heterocycles. The molecule has 2 rings (SSSR count). The largest absolute Gasteiger partial charge is 0.364 e. The van der Waals surface area contributed by atoms with Crippen LogP contribution >= 0.6 is 35.4 Å². The Morgan fingerprint density at radius 2 is 1.95 bits per heavy atom. The van der Waals surface area contributed by atoms with Crippen LogP contribution in [0.15, 0.2) is 24.4 Å². The first kappa shape index (κ1) is 16.5. The number of anilines is 2. The molecular formula is C13H13Cl2N5OS. The summed E-state index contributed by atoms with van der Waals surface area (Å²) in [6, 6.07) is 4.96. The molecule has 0 spiro atoms. The van der Waals surface area contributed by atoms with Gasteiger partial charge in [0.15, 0.2) is 10.8 Å². The Kier molecular flexibility index (Phi) is 5.23. The fourth-order valence-electron chi connectivity index (χ4n) is 1.77. The first-order valence-electron chi connectivity index (χ1n) is 6.30. The van der Waals surface area contributed by atoms with Crippen molar-refractivity contribution in [3.05, 3.63) is 40.1 Å². The highest BCUT2D eigenvalue weighted by Gasteiger charge is 2.14. The van der Waals surface area contributed by atoms with Gasteiger partial charge in [0, 0.05) is 28.5 Å². The molecule has 0 aliphatic carbocycles. The van der Waals surface area contributed by atoms with Gasteiger partial charge in [-0.05, 0) is 37.3 Å². The molecule has 9 heteroatoms. The summed E-state index contributed by atoms with van der Waals surface area (Å²) in [4.78, 5) is 11.4. The topological polar surface area (TPSA) is 85.0 Å². The van der Waals surface area contributed by atoms with Crippen molar-refractivity contribution in [3.63, 3.8) is 0 Å². The van der Waals surface area contributed by atoms with E-state index in [1.165, 1.54) is 0 Å². The van der Waals surface area contributed by atoms with Crippen LogP contribution in [0.4, 0.5) is 11.4 Å². The number of aryl methyl sites for hydroxylation is 1. The van der Waals surface area contributed by atoms with Crippen molar-refractivity contribution >= 4 is 57.8 Å². The predicted octanol–water partition coefficient (Wildman–Crippen LogP) is 3.12. The maximum absolute atomic E-state index is 11.4. The third-order valence-electron chi connectivity index (χ3n) is 2.69. The molecule has 1 aromatic carbocycles. The van der Waals surface area contributed by atoms with Crippen molar-refractivity contribution in [2.45, 2.75) is 13.5 Å².